The van der Waals surface area contributed by atoms with Gasteiger partial charge in [-0.15, -0.1) is 0 Å². The minimum atomic E-state index is 0.649. The fourth-order valence-corrected chi connectivity index (χ4v) is 2.41. The number of rotatable bonds is 3. The van der Waals surface area contributed by atoms with Crippen LogP contribution in [0.3, 0.4) is 0 Å². The van der Waals surface area contributed by atoms with Gasteiger partial charge in [0.1, 0.15) is 11.3 Å². The highest BCUT2D eigenvalue weighted by Crippen LogP contribution is 2.30. The van der Waals surface area contributed by atoms with E-state index in [0.29, 0.717) is 5.89 Å². The molecule has 1 heterocycles. The summed E-state index contributed by atoms with van der Waals surface area (Å²) in [5.74, 6) is 1.48. The van der Waals surface area contributed by atoms with Crippen LogP contribution < -0.4 is 4.74 Å². The van der Waals surface area contributed by atoms with Crippen molar-refractivity contribution in [2.75, 3.05) is 7.11 Å². The normalized spacial score (nSPS) is 10.4. The molecule has 4 heteroatoms. The zero-order valence-corrected chi connectivity index (χ0v) is 11.2. The number of aromatic nitrogens is 1. The molecular weight excluding hydrogens is 258 g/mol. The van der Waals surface area contributed by atoms with Crippen LogP contribution in [0, 0.1) is 0 Å². The lowest BCUT2D eigenvalue weighted by molar-refractivity contribution is 0.415. The zero-order chi connectivity index (χ0) is 13.1. The topological polar surface area (TPSA) is 33.4 Å². The molecule has 0 saturated heterocycles. The first kappa shape index (κ1) is 11.9. The van der Waals surface area contributed by atoms with Gasteiger partial charge >= 0.3 is 11.0 Å². The van der Waals surface area contributed by atoms with Crippen molar-refractivity contribution in [3.05, 3.63) is 54.6 Å². The van der Waals surface area contributed by atoms with Crippen molar-refractivity contribution in [2.24, 2.45) is 0 Å². The van der Waals surface area contributed by atoms with Crippen molar-refractivity contribution >= 4 is 11.5 Å². The molecule has 0 N–H and O–H groups in total. The molecule has 0 aliphatic carbocycles. The van der Waals surface area contributed by atoms with E-state index in [-0.39, 0.29) is 0 Å². The van der Waals surface area contributed by atoms with Gasteiger partial charge < -0.3 is 4.74 Å². The van der Waals surface area contributed by atoms with Crippen LogP contribution in [0.4, 0.5) is 0 Å². The molecule has 0 saturated carbocycles. The summed E-state index contributed by atoms with van der Waals surface area (Å²) in [5.41, 5.74) is 1.99. The average molecular weight is 270 g/mol. The predicted octanol–water partition coefficient (Wildman–Crippen LogP) is 4.36. The van der Waals surface area contributed by atoms with Crippen LogP contribution in [0.2, 0.25) is 0 Å². The SMILES string of the molecule is COc1ccc(-c2[o+]c(-c3ccccc3)ns2)cc1. The first-order chi connectivity index (χ1) is 9.36. The maximum Gasteiger partial charge on any atom is 0.472 e. The molecular formula is C15H12NO2S+. The van der Waals surface area contributed by atoms with Gasteiger partial charge in [-0.1, -0.05) is 22.6 Å². The molecule has 19 heavy (non-hydrogen) atoms. The van der Waals surface area contributed by atoms with Crippen LogP contribution in [-0.2, 0) is 0 Å². The smallest absolute Gasteiger partial charge is 0.472 e. The molecule has 94 valence electrons. The predicted molar refractivity (Wildman–Crippen MR) is 76.2 cm³/mol. The molecule has 0 aliphatic heterocycles. The number of nitrogens with zero attached hydrogens (tertiary/aromatic N) is 1. The third-order valence-electron chi connectivity index (χ3n) is 2.75. The van der Waals surface area contributed by atoms with Crippen molar-refractivity contribution in [1.29, 1.82) is 0 Å². The molecule has 0 bridgehead atoms. The van der Waals surface area contributed by atoms with Gasteiger partial charge in [0.2, 0.25) is 0 Å². The Labute approximate surface area is 115 Å². The number of hydrogen-bond acceptors (Lipinski definition) is 3. The monoisotopic (exact) mass is 270 g/mol. The minimum Gasteiger partial charge on any atom is -0.497 e. The lowest BCUT2D eigenvalue weighted by atomic mass is 10.2. The lowest BCUT2D eigenvalue weighted by Crippen LogP contribution is -1.81. The summed E-state index contributed by atoms with van der Waals surface area (Å²) in [4.78, 5) is 0. The third kappa shape index (κ3) is 2.48. The van der Waals surface area contributed by atoms with E-state index in [1.54, 1.807) is 7.11 Å². The molecule has 0 atom stereocenters. The summed E-state index contributed by atoms with van der Waals surface area (Å²) in [6.07, 6.45) is 0. The largest absolute Gasteiger partial charge is 0.497 e. The number of benzene rings is 2. The van der Waals surface area contributed by atoms with Crippen LogP contribution in [0.5, 0.6) is 5.75 Å². The van der Waals surface area contributed by atoms with Crippen LogP contribution in [0.1, 0.15) is 0 Å². The summed E-state index contributed by atoms with van der Waals surface area (Å²) >= 11 is 1.35. The summed E-state index contributed by atoms with van der Waals surface area (Å²) in [6, 6.07) is 17.6. The highest BCUT2D eigenvalue weighted by atomic mass is 32.1. The second-order valence-electron chi connectivity index (χ2n) is 3.97. The lowest BCUT2D eigenvalue weighted by Gasteiger charge is -1.96. The summed E-state index contributed by atoms with van der Waals surface area (Å²) in [7, 11) is 1.65. The summed E-state index contributed by atoms with van der Waals surface area (Å²) < 4.78 is 15.3. The van der Waals surface area contributed by atoms with Crippen LogP contribution in [0.25, 0.3) is 22.1 Å². The Bertz CT molecular complexity index is 662. The van der Waals surface area contributed by atoms with E-state index in [1.165, 1.54) is 11.5 Å². The Balaban J connectivity index is 1.92. The van der Waals surface area contributed by atoms with Crippen molar-refractivity contribution in [3.63, 3.8) is 0 Å². The second-order valence-corrected chi connectivity index (χ2v) is 4.71. The van der Waals surface area contributed by atoms with E-state index in [1.807, 2.05) is 54.6 Å². The Hall–Kier alpha value is -2.20. The maximum absolute atomic E-state index is 5.80. The van der Waals surface area contributed by atoms with Crippen LogP contribution in [0.15, 0.2) is 59.0 Å². The minimum absolute atomic E-state index is 0.649. The first-order valence-electron chi connectivity index (χ1n) is 5.86. The van der Waals surface area contributed by atoms with E-state index in [0.717, 1.165) is 22.0 Å². The molecule has 1 aromatic heterocycles. The molecule has 0 unspecified atom stereocenters. The zero-order valence-electron chi connectivity index (χ0n) is 10.4. The Kier molecular flexibility index (Phi) is 3.25. The van der Waals surface area contributed by atoms with E-state index >= 15 is 0 Å². The molecule has 0 amide bonds. The van der Waals surface area contributed by atoms with Gasteiger partial charge in [0, 0.05) is 0 Å². The van der Waals surface area contributed by atoms with Crippen LogP contribution in [-0.4, -0.2) is 11.5 Å². The highest BCUT2D eigenvalue weighted by molar-refractivity contribution is 7.09. The second kappa shape index (κ2) is 5.20. The van der Waals surface area contributed by atoms with Gasteiger partial charge in [-0.3, -0.25) is 0 Å². The fourth-order valence-electron chi connectivity index (χ4n) is 1.74. The molecule has 0 fully saturated rings. The van der Waals surface area contributed by atoms with E-state index in [2.05, 4.69) is 4.37 Å². The number of methoxy groups -OCH3 is 1. The summed E-state index contributed by atoms with van der Waals surface area (Å²) in [5, 5.41) is 0.793. The van der Waals surface area contributed by atoms with Crippen molar-refractivity contribution in [1.82, 2.24) is 4.37 Å². The molecule has 0 radical (unpaired) electrons. The number of hydrogen-bond donors (Lipinski definition) is 0. The fraction of sp³-hybridized carbons (Fsp3) is 0.0667. The summed E-state index contributed by atoms with van der Waals surface area (Å²) in [6.45, 7) is 0. The van der Waals surface area contributed by atoms with Crippen molar-refractivity contribution in [2.45, 2.75) is 0 Å². The molecule has 3 nitrogen and oxygen atoms in total. The molecule has 2 aromatic carbocycles. The third-order valence-corrected chi connectivity index (χ3v) is 3.49. The van der Waals surface area contributed by atoms with Crippen molar-refractivity contribution < 1.29 is 9.15 Å². The number of ether oxygens (including phenoxy) is 1. The Morgan fingerprint density at radius 2 is 1.68 bits per heavy atom. The van der Waals surface area contributed by atoms with Gasteiger partial charge in [0.05, 0.1) is 24.2 Å². The quantitative estimate of drug-likeness (QED) is 0.663. The van der Waals surface area contributed by atoms with Gasteiger partial charge in [0.15, 0.2) is 0 Å². The van der Waals surface area contributed by atoms with E-state index in [9.17, 15) is 0 Å². The average Bonchev–Trinajstić information content (AvgIpc) is 2.98. The first-order valence-corrected chi connectivity index (χ1v) is 6.64. The van der Waals surface area contributed by atoms with Gasteiger partial charge in [-0.2, -0.15) is 4.42 Å². The van der Waals surface area contributed by atoms with E-state index in [4.69, 9.17) is 9.15 Å². The van der Waals surface area contributed by atoms with Gasteiger partial charge in [-0.25, -0.2) is 0 Å². The van der Waals surface area contributed by atoms with Crippen LogP contribution >= 0.6 is 11.5 Å². The van der Waals surface area contributed by atoms with E-state index < -0.39 is 0 Å². The van der Waals surface area contributed by atoms with Gasteiger partial charge in [-0.05, 0) is 36.4 Å². The molecule has 0 spiro atoms. The standard InChI is InChI=1S/C15H12NO2S/c1-17-13-9-7-12(8-10-13)15-18-14(16-19-15)11-5-3-2-4-6-11/h2-10H,1H3/q+1. The van der Waals surface area contributed by atoms with Crippen molar-refractivity contribution in [3.8, 4) is 27.8 Å². The Morgan fingerprint density at radius 3 is 2.37 bits per heavy atom. The van der Waals surface area contributed by atoms with Gasteiger partial charge in [0.25, 0.3) is 0 Å². The highest BCUT2D eigenvalue weighted by Gasteiger charge is 2.22. The molecule has 3 aromatic rings. The maximum atomic E-state index is 5.80. The Morgan fingerprint density at radius 1 is 0.947 bits per heavy atom. The molecule has 0 aliphatic rings. The molecule has 3 rings (SSSR count).